The number of hydrogen-bond acceptors (Lipinski definition) is 6. The Labute approximate surface area is 186 Å². The van der Waals surface area contributed by atoms with Gasteiger partial charge in [-0.1, -0.05) is 17.7 Å². The fourth-order valence-electron chi connectivity index (χ4n) is 3.85. The minimum absolute atomic E-state index is 0.0343. The van der Waals surface area contributed by atoms with E-state index < -0.39 is 0 Å². The largest absolute Gasteiger partial charge is 0.378 e. The van der Waals surface area contributed by atoms with Crippen molar-refractivity contribution in [1.82, 2.24) is 15.2 Å². The van der Waals surface area contributed by atoms with Crippen LogP contribution >= 0.6 is 11.6 Å². The van der Waals surface area contributed by atoms with Gasteiger partial charge in [0.15, 0.2) is 0 Å². The number of amides is 2. The van der Waals surface area contributed by atoms with Gasteiger partial charge in [0.05, 0.1) is 25.3 Å². The number of carbonyl (C=O) groups excluding carboxylic acids is 2. The molecular formula is C22H26ClN5O3. The zero-order valence-corrected chi connectivity index (χ0v) is 18.1. The maximum absolute atomic E-state index is 12.8. The SMILES string of the molecule is O=C(NCC(=O)N1CCN(c2cccc(Cl)c2)CC1)c1cccnc1N1CCOCC1. The topological polar surface area (TPSA) is 78.0 Å². The molecule has 8 nitrogen and oxygen atoms in total. The molecule has 0 bridgehead atoms. The maximum Gasteiger partial charge on any atom is 0.255 e. The van der Waals surface area contributed by atoms with Crippen molar-refractivity contribution in [2.75, 3.05) is 68.8 Å². The lowest BCUT2D eigenvalue weighted by molar-refractivity contribution is -0.130. The number of hydrogen-bond donors (Lipinski definition) is 1. The molecule has 3 heterocycles. The summed E-state index contributed by atoms with van der Waals surface area (Å²) in [5.41, 5.74) is 1.53. The molecule has 0 atom stereocenters. The van der Waals surface area contributed by atoms with Crippen molar-refractivity contribution in [2.24, 2.45) is 0 Å². The minimum Gasteiger partial charge on any atom is -0.378 e. The number of morpholine rings is 1. The zero-order chi connectivity index (χ0) is 21.6. The molecule has 0 radical (unpaired) electrons. The van der Waals surface area contributed by atoms with E-state index in [1.54, 1.807) is 23.2 Å². The van der Waals surface area contributed by atoms with Crippen molar-refractivity contribution in [3.8, 4) is 0 Å². The molecule has 0 unspecified atom stereocenters. The van der Waals surface area contributed by atoms with Crippen molar-refractivity contribution in [3.05, 3.63) is 53.2 Å². The summed E-state index contributed by atoms with van der Waals surface area (Å²) in [6.45, 7) is 5.22. The molecule has 9 heteroatoms. The van der Waals surface area contributed by atoms with Crippen LogP contribution in [0.2, 0.25) is 5.02 Å². The monoisotopic (exact) mass is 443 g/mol. The molecule has 31 heavy (non-hydrogen) atoms. The van der Waals surface area contributed by atoms with E-state index in [2.05, 4.69) is 15.2 Å². The first kappa shape index (κ1) is 21.4. The average molecular weight is 444 g/mol. The fraction of sp³-hybridized carbons (Fsp3) is 0.409. The van der Waals surface area contributed by atoms with E-state index in [4.69, 9.17) is 16.3 Å². The van der Waals surface area contributed by atoms with Crippen LogP contribution in [0.5, 0.6) is 0 Å². The highest BCUT2D eigenvalue weighted by atomic mass is 35.5. The number of nitrogens with zero attached hydrogens (tertiary/aromatic N) is 4. The molecule has 2 aromatic rings. The van der Waals surface area contributed by atoms with Gasteiger partial charge in [0.25, 0.3) is 5.91 Å². The van der Waals surface area contributed by atoms with Crippen LogP contribution in [-0.4, -0.2) is 80.7 Å². The van der Waals surface area contributed by atoms with Crippen molar-refractivity contribution in [1.29, 1.82) is 0 Å². The Balaban J connectivity index is 1.30. The van der Waals surface area contributed by atoms with Gasteiger partial charge >= 0.3 is 0 Å². The van der Waals surface area contributed by atoms with Crippen LogP contribution in [0, 0.1) is 0 Å². The van der Waals surface area contributed by atoms with Gasteiger partial charge in [-0.3, -0.25) is 9.59 Å². The molecule has 0 saturated carbocycles. The van der Waals surface area contributed by atoms with Gasteiger partial charge in [0.2, 0.25) is 5.91 Å². The van der Waals surface area contributed by atoms with Gasteiger partial charge in [-0.25, -0.2) is 4.98 Å². The summed E-state index contributed by atoms with van der Waals surface area (Å²) in [4.78, 5) is 35.8. The van der Waals surface area contributed by atoms with Crippen molar-refractivity contribution < 1.29 is 14.3 Å². The highest BCUT2D eigenvalue weighted by molar-refractivity contribution is 6.30. The molecule has 2 aliphatic heterocycles. The fourth-order valence-corrected chi connectivity index (χ4v) is 4.04. The lowest BCUT2D eigenvalue weighted by Gasteiger charge is -2.36. The Morgan fingerprint density at radius 1 is 1.00 bits per heavy atom. The molecule has 2 saturated heterocycles. The van der Waals surface area contributed by atoms with E-state index in [-0.39, 0.29) is 18.4 Å². The van der Waals surface area contributed by atoms with E-state index in [1.807, 2.05) is 29.2 Å². The number of nitrogens with one attached hydrogen (secondary N) is 1. The molecule has 2 fully saturated rings. The quantitative estimate of drug-likeness (QED) is 0.757. The summed E-state index contributed by atoms with van der Waals surface area (Å²) in [6, 6.07) is 11.2. The van der Waals surface area contributed by atoms with Crippen LogP contribution in [0.25, 0.3) is 0 Å². The van der Waals surface area contributed by atoms with E-state index in [1.165, 1.54) is 0 Å². The summed E-state index contributed by atoms with van der Waals surface area (Å²) in [5, 5.41) is 3.47. The molecule has 0 aliphatic carbocycles. The Hall–Kier alpha value is -2.84. The summed E-state index contributed by atoms with van der Waals surface area (Å²) in [5.74, 6) is 0.252. The molecule has 2 amide bonds. The highest BCUT2D eigenvalue weighted by Crippen LogP contribution is 2.21. The smallest absolute Gasteiger partial charge is 0.255 e. The number of anilines is 2. The molecular weight excluding hydrogens is 418 g/mol. The van der Waals surface area contributed by atoms with Gasteiger partial charge in [-0.15, -0.1) is 0 Å². The van der Waals surface area contributed by atoms with Gasteiger partial charge in [0.1, 0.15) is 5.82 Å². The van der Waals surface area contributed by atoms with Crippen LogP contribution in [0.3, 0.4) is 0 Å². The Kier molecular flexibility index (Phi) is 6.89. The second kappa shape index (κ2) is 9.98. The molecule has 164 valence electrons. The van der Waals surface area contributed by atoms with Crippen LogP contribution in [0.4, 0.5) is 11.5 Å². The number of halogens is 1. The first-order valence-corrected chi connectivity index (χ1v) is 10.8. The van der Waals surface area contributed by atoms with Crippen molar-refractivity contribution in [2.45, 2.75) is 0 Å². The van der Waals surface area contributed by atoms with Gasteiger partial charge in [-0.2, -0.15) is 0 Å². The van der Waals surface area contributed by atoms with Crippen LogP contribution in [-0.2, 0) is 9.53 Å². The summed E-state index contributed by atoms with van der Waals surface area (Å²) < 4.78 is 5.38. The van der Waals surface area contributed by atoms with Gasteiger partial charge in [0, 0.05) is 56.2 Å². The normalized spacial score (nSPS) is 16.9. The highest BCUT2D eigenvalue weighted by Gasteiger charge is 2.23. The van der Waals surface area contributed by atoms with Crippen molar-refractivity contribution in [3.63, 3.8) is 0 Å². The van der Waals surface area contributed by atoms with E-state index in [0.29, 0.717) is 55.8 Å². The number of ether oxygens (including phenoxy) is 1. The van der Waals surface area contributed by atoms with Gasteiger partial charge < -0.3 is 24.8 Å². The number of aromatic nitrogens is 1. The van der Waals surface area contributed by atoms with Crippen LogP contribution < -0.4 is 15.1 Å². The number of rotatable bonds is 5. The molecule has 1 N–H and O–H groups in total. The number of carbonyl (C=O) groups is 2. The molecule has 4 rings (SSSR count). The van der Waals surface area contributed by atoms with E-state index >= 15 is 0 Å². The average Bonchev–Trinajstić information content (AvgIpc) is 2.83. The first-order valence-electron chi connectivity index (χ1n) is 10.5. The third-order valence-corrected chi connectivity index (χ3v) is 5.78. The second-order valence-corrected chi connectivity index (χ2v) is 7.94. The summed E-state index contributed by atoms with van der Waals surface area (Å²) in [7, 11) is 0. The minimum atomic E-state index is -0.291. The standard InChI is InChI=1S/C22H26ClN5O3/c23-17-3-1-4-18(15-17)26-7-9-27(10-8-26)20(29)16-25-22(30)19-5-2-6-24-21(19)28-11-13-31-14-12-28/h1-6,15H,7-14,16H2,(H,25,30). The molecule has 1 aromatic heterocycles. The zero-order valence-electron chi connectivity index (χ0n) is 17.3. The number of benzene rings is 1. The first-order chi connectivity index (χ1) is 15.1. The molecule has 0 spiro atoms. The Bertz CT molecular complexity index is 927. The van der Waals surface area contributed by atoms with Gasteiger partial charge in [-0.05, 0) is 30.3 Å². The number of pyridine rings is 1. The second-order valence-electron chi connectivity index (χ2n) is 7.50. The summed E-state index contributed by atoms with van der Waals surface area (Å²) >= 11 is 6.08. The molecule has 2 aliphatic rings. The van der Waals surface area contributed by atoms with Crippen LogP contribution in [0.15, 0.2) is 42.6 Å². The third kappa shape index (κ3) is 5.26. The summed E-state index contributed by atoms with van der Waals surface area (Å²) in [6.07, 6.45) is 1.67. The Morgan fingerprint density at radius 2 is 1.77 bits per heavy atom. The van der Waals surface area contributed by atoms with E-state index in [9.17, 15) is 9.59 Å². The van der Waals surface area contributed by atoms with Crippen molar-refractivity contribution >= 4 is 34.9 Å². The molecule has 1 aromatic carbocycles. The maximum atomic E-state index is 12.8. The predicted octanol–water partition coefficient (Wildman–Crippen LogP) is 1.65. The predicted molar refractivity (Wildman–Crippen MR) is 120 cm³/mol. The van der Waals surface area contributed by atoms with E-state index in [0.717, 1.165) is 18.8 Å². The lowest BCUT2D eigenvalue weighted by Crippen LogP contribution is -2.51. The number of piperazine rings is 1. The van der Waals surface area contributed by atoms with Crippen LogP contribution in [0.1, 0.15) is 10.4 Å². The third-order valence-electron chi connectivity index (χ3n) is 5.55. The lowest BCUT2D eigenvalue weighted by atomic mass is 10.2. The Morgan fingerprint density at radius 3 is 2.52 bits per heavy atom.